The summed E-state index contributed by atoms with van der Waals surface area (Å²) in [6.45, 7) is 9.40. The second kappa shape index (κ2) is 9.44. The SMILES string of the molecule is CCCCC(C#N)(CC)CC(OCC)OCC. The smallest absolute Gasteiger partial charge is 0.159 e. The molecule has 0 aromatic heterocycles. The second-order valence-corrected chi connectivity index (χ2v) is 4.39. The minimum atomic E-state index is -0.287. The first-order valence-electron chi connectivity index (χ1n) is 6.82. The van der Waals surface area contributed by atoms with Crippen LogP contribution in [0.1, 0.15) is 59.8 Å². The van der Waals surface area contributed by atoms with Crippen LogP contribution in [-0.2, 0) is 9.47 Å². The molecule has 0 N–H and O–H groups in total. The van der Waals surface area contributed by atoms with Gasteiger partial charge in [-0.3, -0.25) is 0 Å². The van der Waals surface area contributed by atoms with Crippen molar-refractivity contribution in [1.29, 1.82) is 5.26 Å². The zero-order chi connectivity index (χ0) is 13.1. The number of ether oxygens (including phenoxy) is 2. The molecule has 0 saturated carbocycles. The van der Waals surface area contributed by atoms with E-state index in [1.807, 2.05) is 13.8 Å². The number of unbranched alkanes of at least 4 members (excludes halogenated alkanes) is 1. The monoisotopic (exact) mass is 241 g/mol. The van der Waals surface area contributed by atoms with Crippen molar-refractivity contribution in [3.8, 4) is 6.07 Å². The van der Waals surface area contributed by atoms with Gasteiger partial charge in [0.1, 0.15) is 0 Å². The molecule has 0 amide bonds. The average Bonchev–Trinajstić information content (AvgIpc) is 2.35. The van der Waals surface area contributed by atoms with Crippen molar-refractivity contribution in [1.82, 2.24) is 0 Å². The Labute approximate surface area is 106 Å². The van der Waals surface area contributed by atoms with E-state index in [-0.39, 0.29) is 11.7 Å². The Hall–Kier alpha value is -0.590. The summed E-state index contributed by atoms with van der Waals surface area (Å²) in [6, 6.07) is 2.49. The van der Waals surface area contributed by atoms with E-state index in [4.69, 9.17) is 9.47 Å². The van der Waals surface area contributed by atoms with Crippen LogP contribution in [0.3, 0.4) is 0 Å². The molecule has 0 aromatic carbocycles. The number of nitrogens with zero attached hydrogens (tertiary/aromatic N) is 1. The standard InChI is InChI=1S/C14H27NO2/c1-5-9-10-14(6-2,12-15)11-13(16-7-3)17-8-4/h13H,5-11H2,1-4H3. The minimum absolute atomic E-state index is 0.235. The Kier molecular flexibility index (Phi) is 9.11. The predicted molar refractivity (Wildman–Crippen MR) is 69.5 cm³/mol. The van der Waals surface area contributed by atoms with Crippen LogP contribution >= 0.6 is 0 Å². The molecule has 0 aliphatic heterocycles. The molecule has 0 aliphatic carbocycles. The van der Waals surface area contributed by atoms with Gasteiger partial charge in [0.05, 0.1) is 11.5 Å². The van der Waals surface area contributed by atoms with Crippen molar-refractivity contribution in [2.45, 2.75) is 66.1 Å². The summed E-state index contributed by atoms with van der Waals surface area (Å²) in [6.07, 6.45) is 4.46. The highest BCUT2D eigenvalue weighted by Crippen LogP contribution is 2.34. The first-order chi connectivity index (χ1) is 8.17. The van der Waals surface area contributed by atoms with Gasteiger partial charge >= 0.3 is 0 Å². The molecule has 3 heteroatoms. The normalized spacial score (nSPS) is 14.6. The van der Waals surface area contributed by atoms with E-state index in [1.54, 1.807) is 0 Å². The highest BCUT2D eigenvalue weighted by molar-refractivity contribution is 4.98. The maximum absolute atomic E-state index is 9.43. The molecule has 0 aliphatic rings. The summed E-state index contributed by atoms with van der Waals surface area (Å²) in [5, 5.41) is 9.43. The van der Waals surface area contributed by atoms with Gasteiger partial charge in [0, 0.05) is 19.6 Å². The van der Waals surface area contributed by atoms with Crippen LogP contribution in [0, 0.1) is 16.7 Å². The summed E-state index contributed by atoms with van der Waals surface area (Å²) in [5.74, 6) is 0. The third-order valence-electron chi connectivity index (χ3n) is 3.19. The summed E-state index contributed by atoms with van der Waals surface area (Å²) in [7, 11) is 0. The Morgan fingerprint density at radius 1 is 1.12 bits per heavy atom. The molecule has 17 heavy (non-hydrogen) atoms. The average molecular weight is 241 g/mol. The number of rotatable bonds is 10. The predicted octanol–water partition coefficient (Wildman–Crippen LogP) is 3.89. The maximum Gasteiger partial charge on any atom is 0.159 e. The third kappa shape index (κ3) is 6.05. The van der Waals surface area contributed by atoms with Gasteiger partial charge in [-0.2, -0.15) is 5.26 Å². The van der Waals surface area contributed by atoms with Crippen molar-refractivity contribution < 1.29 is 9.47 Å². The molecule has 0 rings (SSSR count). The van der Waals surface area contributed by atoms with Crippen molar-refractivity contribution >= 4 is 0 Å². The van der Waals surface area contributed by atoms with Crippen LogP contribution in [0.25, 0.3) is 0 Å². The molecule has 0 fully saturated rings. The van der Waals surface area contributed by atoms with Gasteiger partial charge in [-0.15, -0.1) is 0 Å². The Bertz CT molecular complexity index is 219. The van der Waals surface area contributed by atoms with Gasteiger partial charge in [-0.1, -0.05) is 26.7 Å². The van der Waals surface area contributed by atoms with E-state index in [1.165, 1.54) is 0 Å². The molecule has 1 atom stereocenters. The Balaban J connectivity index is 4.52. The number of nitriles is 1. The lowest BCUT2D eigenvalue weighted by Gasteiger charge is -2.29. The highest BCUT2D eigenvalue weighted by atomic mass is 16.7. The maximum atomic E-state index is 9.43. The fraction of sp³-hybridized carbons (Fsp3) is 0.929. The lowest BCUT2D eigenvalue weighted by Crippen LogP contribution is -2.28. The van der Waals surface area contributed by atoms with E-state index in [0.29, 0.717) is 19.6 Å². The largest absolute Gasteiger partial charge is 0.353 e. The lowest BCUT2D eigenvalue weighted by molar-refractivity contribution is -0.152. The fourth-order valence-electron chi connectivity index (χ4n) is 1.98. The fourth-order valence-corrected chi connectivity index (χ4v) is 1.98. The van der Waals surface area contributed by atoms with Crippen molar-refractivity contribution in [3.63, 3.8) is 0 Å². The zero-order valence-electron chi connectivity index (χ0n) is 11.8. The molecule has 0 aromatic rings. The van der Waals surface area contributed by atoms with Crippen LogP contribution in [0.2, 0.25) is 0 Å². The van der Waals surface area contributed by atoms with Gasteiger partial charge in [-0.05, 0) is 26.7 Å². The van der Waals surface area contributed by atoms with Crippen LogP contribution in [0.5, 0.6) is 0 Å². The summed E-state index contributed by atoms with van der Waals surface area (Å²) in [5.41, 5.74) is -0.287. The topological polar surface area (TPSA) is 42.2 Å². The second-order valence-electron chi connectivity index (χ2n) is 4.39. The van der Waals surface area contributed by atoms with Crippen LogP contribution in [0.4, 0.5) is 0 Å². The van der Waals surface area contributed by atoms with Gasteiger partial charge in [0.15, 0.2) is 6.29 Å². The summed E-state index contributed by atoms with van der Waals surface area (Å²) >= 11 is 0. The zero-order valence-corrected chi connectivity index (χ0v) is 11.8. The quantitative estimate of drug-likeness (QED) is 0.545. The molecule has 0 bridgehead atoms. The molecular formula is C14H27NO2. The van der Waals surface area contributed by atoms with Crippen molar-refractivity contribution in [2.24, 2.45) is 5.41 Å². The van der Waals surface area contributed by atoms with Gasteiger partial charge in [0.2, 0.25) is 0 Å². The Morgan fingerprint density at radius 2 is 1.71 bits per heavy atom. The third-order valence-corrected chi connectivity index (χ3v) is 3.19. The summed E-state index contributed by atoms with van der Waals surface area (Å²) < 4.78 is 11.1. The molecule has 100 valence electrons. The van der Waals surface area contributed by atoms with E-state index in [2.05, 4.69) is 19.9 Å². The minimum Gasteiger partial charge on any atom is -0.353 e. The van der Waals surface area contributed by atoms with Gasteiger partial charge in [0.25, 0.3) is 0 Å². The van der Waals surface area contributed by atoms with Gasteiger partial charge < -0.3 is 9.47 Å². The van der Waals surface area contributed by atoms with Crippen LogP contribution in [-0.4, -0.2) is 19.5 Å². The Morgan fingerprint density at radius 3 is 2.06 bits per heavy atom. The molecule has 0 saturated heterocycles. The molecule has 3 nitrogen and oxygen atoms in total. The van der Waals surface area contributed by atoms with Crippen molar-refractivity contribution in [2.75, 3.05) is 13.2 Å². The van der Waals surface area contributed by atoms with Gasteiger partial charge in [-0.25, -0.2) is 0 Å². The number of hydrogen-bond donors (Lipinski definition) is 0. The molecule has 0 spiro atoms. The lowest BCUT2D eigenvalue weighted by atomic mass is 9.78. The van der Waals surface area contributed by atoms with E-state index < -0.39 is 0 Å². The van der Waals surface area contributed by atoms with Crippen LogP contribution in [0.15, 0.2) is 0 Å². The van der Waals surface area contributed by atoms with Crippen molar-refractivity contribution in [3.05, 3.63) is 0 Å². The highest BCUT2D eigenvalue weighted by Gasteiger charge is 2.31. The first kappa shape index (κ1) is 16.4. The molecule has 0 radical (unpaired) electrons. The number of hydrogen-bond acceptors (Lipinski definition) is 3. The molecule has 1 unspecified atom stereocenters. The summed E-state index contributed by atoms with van der Waals surface area (Å²) in [4.78, 5) is 0. The first-order valence-corrected chi connectivity index (χ1v) is 6.82. The van der Waals surface area contributed by atoms with E-state index >= 15 is 0 Å². The van der Waals surface area contributed by atoms with E-state index in [9.17, 15) is 5.26 Å². The molecule has 0 heterocycles. The van der Waals surface area contributed by atoms with Crippen LogP contribution < -0.4 is 0 Å². The van der Waals surface area contributed by atoms with E-state index in [0.717, 1.165) is 25.7 Å². The molecular weight excluding hydrogens is 214 g/mol.